The maximum atomic E-state index is 12.3. The zero-order valence-electron chi connectivity index (χ0n) is 13.6. The van der Waals surface area contributed by atoms with E-state index in [1.165, 1.54) is 17.3 Å². The van der Waals surface area contributed by atoms with Gasteiger partial charge in [-0.15, -0.1) is 11.3 Å². The van der Waals surface area contributed by atoms with Crippen LogP contribution in [0.3, 0.4) is 0 Å². The highest BCUT2D eigenvalue weighted by molar-refractivity contribution is 8.02. The van der Waals surface area contributed by atoms with Crippen molar-refractivity contribution in [3.05, 3.63) is 40.9 Å². The van der Waals surface area contributed by atoms with Gasteiger partial charge in [-0.3, -0.25) is 4.79 Å². The molecule has 1 heterocycles. The molecule has 0 aliphatic carbocycles. The van der Waals surface area contributed by atoms with Gasteiger partial charge in [0.15, 0.2) is 4.34 Å². The monoisotopic (exact) mass is 334 g/mol. The number of thioether (sulfide) groups is 1. The first-order valence-corrected chi connectivity index (χ1v) is 9.02. The fraction of sp³-hybridized carbons (Fsp3) is 0.412. The predicted molar refractivity (Wildman–Crippen MR) is 95.9 cm³/mol. The van der Waals surface area contributed by atoms with E-state index in [-0.39, 0.29) is 16.6 Å². The summed E-state index contributed by atoms with van der Waals surface area (Å²) >= 11 is 3.07. The molecule has 0 aliphatic rings. The highest BCUT2D eigenvalue weighted by Crippen LogP contribution is 2.28. The lowest BCUT2D eigenvalue weighted by molar-refractivity contribution is -0.115. The van der Waals surface area contributed by atoms with Gasteiger partial charge in [-0.1, -0.05) is 44.7 Å². The van der Waals surface area contributed by atoms with Crippen LogP contribution < -0.4 is 5.32 Å². The Morgan fingerprint density at radius 1 is 1.27 bits per heavy atom. The van der Waals surface area contributed by atoms with Crippen LogP contribution in [-0.4, -0.2) is 16.1 Å². The van der Waals surface area contributed by atoms with Crippen LogP contribution in [0.2, 0.25) is 0 Å². The van der Waals surface area contributed by atoms with E-state index in [1.807, 2.05) is 31.4 Å². The molecule has 1 N–H and O–H groups in total. The average Bonchev–Trinajstić information content (AvgIpc) is 2.83. The van der Waals surface area contributed by atoms with Gasteiger partial charge in [0.1, 0.15) is 0 Å². The summed E-state index contributed by atoms with van der Waals surface area (Å²) in [5.74, 6) is 0.00126. The number of carbonyl (C=O) groups excluding carboxylic acids is 1. The standard InChI is InChI=1S/C17H22N2OS2/c1-11-10-21-16(18-11)22-12(2)15(20)19-14-8-6-13(7-9-14)17(3,4)5/h6-10,12H,1-5H3,(H,19,20). The number of benzene rings is 1. The van der Waals surface area contributed by atoms with Crippen molar-refractivity contribution in [3.8, 4) is 0 Å². The van der Waals surface area contributed by atoms with Gasteiger partial charge < -0.3 is 5.32 Å². The second kappa shape index (κ2) is 6.84. The van der Waals surface area contributed by atoms with E-state index < -0.39 is 0 Å². The Hall–Kier alpha value is -1.33. The minimum Gasteiger partial charge on any atom is -0.325 e. The second-order valence-corrected chi connectivity index (χ2v) is 8.78. The smallest absolute Gasteiger partial charge is 0.237 e. The number of nitrogens with one attached hydrogen (secondary N) is 1. The number of amides is 1. The maximum Gasteiger partial charge on any atom is 0.237 e. The Morgan fingerprint density at radius 2 is 1.91 bits per heavy atom. The number of anilines is 1. The molecular formula is C17H22N2OS2. The van der Waals surface area contributed by atoms with Crippen molar-refractivity contribution in [2.75, 3.05) is 5.32 Å². The predicted octanol–water partition coefficient (Wildman–Crippen LogP) is 4.87. The van der Waals surface area contributed by atoms with Crippen molar-refractivity contribution in [1.29, 1.82) is 0 Å². The van der Waals surface area contributed by atoms with Crippen molar-refractivity contribution in [1.82, 2.24) is 4.98 Å². The summed E-state index contributed by atoms with van der Waals surface area (Å²) < 4.78 is 0.934. The third-order valence-corrected chi connectivity index (χ3v) is 5.45. The number of thiazole rings is 1. The van der Waals surface area contributed by atoms with Gasteiger partial charge >= 0.3 is 0 Å². The van der Waals surface area contributed by atoms with Crippen molar-refractivity contribution in [2.45, 2.75) is 49.6 Å². The molecule has 1 unspecified atom stereocenters. The number of carbonyl (C=O) groups is 1. The van der Waals surface area contributed by atoms with Gasteiger partial charge in [0, 0.05) is 16.8 Å². The normalized spacial score (nSPS) is 13.0. The summed E-state index contributed by atoms with van der Waals surface area (Å²) in [6, 6.07) is 8.06. The van der Waals surface area contributed by atoms with Crippen LogP contribution in [0.4, 0.5) is 5.69 Å². The first-order chi connectivity index (χ1) is 10.3. The second-order valence-electron chi connectivity index (χ2n) is 6.33. The average molecular weight is 335 g/mol. The zero-order valence-corrected chi connectivity index (χ0v) is 15.3. The Kier molecular flexibility index (Phi) is 5.29. The van der Waals surface area contributed by atoms with Crippen LogP contribution in [0, 0.1) is 6.92 Å². The molecule has 2 aromatic rings. The minimum absolute atomic E-state index is 0.00126. The third kappa shape index (κ3) is 4.58. The van der Waals surface area contributed by atoms with E-state index in [4.69, 9.17) is 0 Å². The Morgan fingerprint density at radius 3 is 2.41 bits per heavy atom. The van der Waals surface area contributed by atoms with Gasteiger partial charge in [-0.2, -0.15) is 0 Å². The van der Waals surface area contributed by atoms with Crippen LogP contribution in [0.5, 0.6) is 0 Å². The Balaban J connectivity index is 1.96. The summed E-state index contributed by atoms with van der Waals surface area (Å²) in [5.41, 5.74) is 3.21. The zero-order chi connectivity index (χ0) is 16.3. The first kappa shape index (κ1) is 17.0. The molecule has 0 bridgehead atoms. The fourth-order valence-corrected chi connectivity index (χ4v) is 3.87. The molecular weight excluding hydrogens is 312 g/mol. The number of hydrogen-bond donors (Lipinski definition) is 1. The van der Waals surface area contributed by atoms with Crippen LogP contribution >= 0.6 is 23.1 Å². The summed E-state index contributed by atoms with van der Waals surface area (Å²) in [6.07, 6.45) is 0. The number of rotatable bonds is 4. The highest BCUT2D eigenvalue weighted by atomic mass is 32.2. The molecule has 3 nitrogen and oxygen atoms in total. The van der Waals surface area contributed by atoms with Crippen LogP contribution in [0.1, 0.15) is 39.0 Å². The van der Waals surface area contributed by atoms with Gasteiger partial charge in [0.05, 0.1) is 5.25 Å². The number of aromatic nitrogens is 1. The molecule has 5 heteroatoms. The van der Waals surface area contributed by atoms with E-state index in [2.05, 4.69) is 43.2 Å². The van der Waals surface area contributed by atoms with Gasteiger partial charge in [0.25, 0.3) is 0 Å². The van der Waals surface area contributed by atoms with E-state index in [0.29, 0.717) is 0 Å². The lowest BCUT2D eigenvalue weighted by Gasteiger charge is -2.19. The van der Waals surface area contributed by atoms with Crippen molar-refractivity contribution in [3.63, 3.8) is 0 Å². The molecule has 1 aromatic heterocycles. The molecule has 2 rings (SSSR count). The van der Waals surface area contributed by atoms with Gasteiger partial charge in [0.2, 0.25) is 5.91 Å². The summed E-state index contributed by atoms with van der Waals surface area (Å²) in [6.45, 7) is 10.4. The molecule has 0 radical (unpaired) electrons. The van der Waals surface area contributed by atoms with E-state index in [9.17, 15) is 4.79 Å². The van der Waals surface area contributed by atoms with Crippen LogP contribution in [0.25, 0.3) is 0 Å². The number of hydrogen-bond acceptors (Lipinski definition) is 4. The first-order valence-electron chi connectivity index (χ1n) is 7.26. The third-order valence-electron chi connectivity index (χ3n) is 3.26. The fourth-order valence-electron chi connectivity index (χ4n) is 1.89. The Bertz CT molecular complexity index is 641. The van der Waals surface area contributed by atoms with Gasteiger partial charge in [-0.05, 0) is 37.0 Å². The SMILES string of the molecule is Cc1csc(SC(C)C(=O)Nc2ccc(C(C)(C)C)cc2)n1. The lowest BCUT2D eigenvalue weighted by atomic mass is 9.87. The van der Waals surface area contributed by atoms with E-state index in [0.717, 1.165) is 15.7 Å². The van der Waals surface area contributed by atoms with E-state index >= 15 is 0 Å². The quantitative estimate of drug-likeness (QED) is 0.811. The molecule has 0 fully saturated rings. The number of nitrogens with zero attached hydrogens (tertiary/aromatic N) is 1. The van der Waals surface area contributed by atoms with Crippen molar-refractivity contribution >= 4 is 34.7 Å². The highest BCUT2D eigenvalue weighted by Gasteiger charge is 2.17. The topological polar surface area (TPSA) is 42.0 Å². The van der Waals surface area contributed by atoms with Crippen molar-refractivity contribution < 1.29 is 4.79 Å². The molecule has 1 aromatic carbocycles. The minimum atomic E-state index is -0.173. The van der Waals surface area contributed by atoms with Gasteiger partial charge in [-0.25, -0.2) is 4.98 Å². The largest absolute Gasteiger partial charge is 0.325 e. The number of aryl methyl sites for hydroxylation is 1. The molecule has 0 spiro atoms. The van der Waals surface area contributed by atoms with Crippen LogP contribution in [-0.2, 0) is 10.2 Å². The molecule has 1 amide bonds. The molecule has 118 valence electrons. The van der Waals surface area contributed by atoms with Crippen LogP contribution in [0.15, 0.2) is 34.0 Å². The Labute approximate surface area is 140 Å². The molecule has 0 aliphatic heterocycles. The molecule has 0 saturated heterocycles. The molecule has 0 saturated carbocycles. The summed E-state index contributed by atoms with van der Waals surface area (Å²) in [7, 11) is 0. The van der Waals surface area contributed by atoms with Crippen molar-refractivity contribution in [2.24, 2.45) is 0 Å². The lowest BCUT2D eigenvalue weighted by Crippen LogP contribution is -2.22. The molecule has 1 atom stereocenters. The van der Waals surface area contributed by atoms with E-state index in [1.54, 1.807) is 11.3 Å². The summed E-state index contributed by atoms with van der Waals surface area (Å²) in [4.78, 5) is 16.6. The maximum absolute atomic E-state index is 12.3. The summed E-state index contributed by atoms with van der Waals surface area (Å²) in [5, 5.41) is 4.79. The molecule has 22 heavy (non-hydrogen) atoms.